The molecule has 0 saturated heterocycles. The highest BCUT2D eigenvalue weighted by molar-refractivity contribution is 7.26. The van der Waals surface area contributed by atoms with E-state index in [4.69, 9.17) is 0 Å². The highest BCUT2D eigenvalue weighted by Crippen LogP contribution is 2.66. The largest absolute Gasteiger partial charge is 0.335 e. The summed E-state index contributed by atoms with van der Waals surface area (Å²) in [5, 5.41) is 4.17. The van der Waals surface area contributed by atoms with Crippen molar-refractivity contribution in [1.29, 1.82) is 0 Å². The maximum Gasteiger partial charge on any atom is 0.252 e. The molecule has 0 bridgehead atoms. The lowest BCUT2D eigenvalue weighted by atomic mass is 9.33. The first kappa shape index (κ1) is 46.1. The molecule has 2 saturated carbocycles. The highest BCUT2D eigenvalue weighted by Gasteiger charge is 2.63. The first-order chi connectivity index (χ1) is 36.2. The molecule has 76 heavy (non-hydrogen) atoms. The van der Waals surface area contributed by atoms with Gasteiger partial charge in [-0.05, 0) is 148 Å². The van der Waals surface area contributed by atoms with Crippen LogP contribution in [-0.2, 0) is 27.1 Å². The van der Waals surface area contributed by atoms with E-state index < -0.39 is 0 Å². The Balaban J connectivity index is 1.07. The van der Waals surface area contributed by atoms with Gasteiger partial charge in [-0.3, -0.25) is 0 Å². The van der Waals surface area contributed by atoms with Crippen LogP contribution in [0.5, 0.6) is 0 Å². The van der Waals surface area contributed by atoms with Gasteiger partial charge >= 0.3 is 0 Å². The van der Waals surface area contributed by atoms with E-state index in [2.05, 4.69) is 219 Å². The minimum atomic E-state index is -0.185. The standard InChI is InChI=1S/C71H72BN3S/c1-65(2,3)42-28-29-55-51(37-42)68(9)30-17-19-32-70(68,11)74(55)44-39-56-60-57(40-44)75-63-52(69(10)31-18-20-33-71(69,75)12)34-41(45-24-21-25-47-46-22-14-16-27-58(46)76-64(45)47)35-53(63)72(60)54-38-43(66(4,5)6)36-49-59-62(73(56)61(49)54)48-23-13-15-26-50(48)67(59,7)8/h13-16,21-29,34-40H,17-20,30-33H2,1-12H3. The molecule has 0 amide bonds. The van der Waals surface area contributed by atoms with Gasteiger partial charge < -0.3 is 14.4 Å². The van der Waals surface area contributed by atoms with Crippen molar-refractivity contribution in [2.24, 2.45) is 0 Å². The molecule has 3 aliphatic carbocycles. The molecule has 4 aliphatic heterocycles. The topological polar surface area (TPSA) is 11.4 Å². The van der Waals surface area contributed by atoms with E-state index in [1.54, 1.807) is 11.1 Å². The normalized spacial score (nSPS) is 25.2. The molecule has 9 aromatic rings. The number of rotatable bonds is 2. The molecule has 3 nitrogen and oxygen atoms in total. The smallest absolute Gasteiger partial charge is 0.252 e. The number of anilines is 4. The van der Waals surface area contributed by atoms with Crippen LogP contribution in [-0.4, -0.2) is 22.4 Å². The molecule has 4 unspecified atom stereocenters. The number of fused-ring (bicyclic) bond motifs is 18. The third-order valence-electron chi connectivity index (χ3n) is 22.1. The van der Waals surface area contributed by atoms with Crippen molar-refractivity contribution in [3.8, 4) is 28.1 Å². The van der Waals surface area contributed by atoms with E-state index in [1.165, 1.54) is 165 Å². The van der Waals surface area contributed by atoms with Gasteiger partial charge in [0.05, 0.1) is 16.8 Å². The summed E-state index contributed by atoms with van der Waals surface area (Å²) in [5.74, 6) is 0. The van der Waals surface area contributed by atoms with Gasteiger partial charge in [0.25, 0.3) is 6.71 Å². The van der Waals surface area contributed by atoms with E-state index in [0.717, 1.165) is 6.42 Å². The number of thiophene rings is 1. The van der Waals surface area contributed by atoms with Crippen LogP contribution < -0.4 is 26.2 Å². The summed E-state index contributed by atoms with van der Waals surface area (Å²) < 4.78 is 5.61. The quantitative estimate of drug-likeness (QED) is 0.160. The summed E-state index contributed by atoms with van der Waals surface area (Å²) >= 11 is 1.97. The Kier molecular flexibility index (Phi) is 8.71. The number of hydrogen-bond donors (Lipinski definition) is 0. The Hall–Kier alpha value is -6.04. The van der Waals surface area contributed by atoms with Crippen LogP contribution in [0.4, 0.5) is 22.7 Å². The van der Waals surface area contributed by atoms with E-state index in [0.29, 0.717) is 0 Å². The lowest BCUT2D eigenvalue weighted by Gasteiger charge is -2.53. The van der Waals surface area contributed by atoms with E-state index in [-0.39, 0.29) is 44.9 Å². The van der Waals surface area contributed by atoms with Crippen molar-refractivity contribution in [3.63, 3.8) is 0 Å². The van der Waals surface area contributed by atoms with Crippen LogP contribution in [0.25, 0.3) is 59.1 Å². The average Bonchev–Trinajstić information content (AvgIpc) is 4.32. The van der Waals surface area contributed by atoms with E-state index >= 15 is 0 Å². The third kappa shape index (κ3) is 5.34. The second-order valence-electron chi connectivity index (χ2n) is 28.3. The van der Waals surface area contributed by atoms with Crippen LogP contribution in [0, 0.1) is 0 Å². The number of nitrogens with zero attached hydrogens (tertiary/aromatic N) is 3. The summed E-state index contributed by atoms with van der Waals surface area (Å²) in [6, 6.07) is 49.4. The van der Waals surface area contributed by atoms with Gasteiger partial charge in [-0.25, -0.2) is 0 Å². The minimum absolute atomic E-state index is 0.00734. The SMILES string of the molecule is CC(C)(C)c1ccc2c(c1)C1(C)CCCCC1(C)N2c1cc2c3c(c1)-n1c4c(c5cc(C(C)(C)C)cc(c51)B3c1cc(-c3cccc5c3sc3ccccc35)cc3c1N2C1(C)CCCCC31C)C(C)(C)c1ccccc1-4. The maximum absolute atomic E-state index is 3.00. The van der Waals surface area contributed by atoms with Crippen molar-refractivity contribution >= 4 is 88.3 Å². The molecule has 0 spiro atoms. The summed E-state index contributed by atoms with van der Waals surface area (Å²) in [7, 11) is 0. The first-order valence-corrected chi connectivity index (χ1v) is 29.9. The zero-order valence-corrected chi connectivity index (χ0v) is 47.8. The molecule has 380 valence electrons. The predicted molar refractivity (Wildman–Crippen MR) is 327 cm³/mol. The van der Waals surface area contributed by atoms with Crippen LogP contribution in [0.15, 0.2) is 121 Å². The molecule has 0 radical (unpaired) electrons. The fraction of sp³-hybridized carbons (Fsp3) is 0.380. The monoisotopic (exact) mass is 1010 g/mol. The molecule has 16 rings (SSSR count). The highest BCUT2D eigenvalue weighted by atomic mass is 32.1. The number of aromatic nitrogens is 1. The van der Waals surface area contributed by atoms with Crippen molar-refractivity contribution in [2.45, 2.75) is 173 Å². The molecule has 6 heterocycles. The molecule has 7 aromatic carbocycles. The van der Waals surface area contributed by atoms with E-state index in [1.807, 2.05) is 11.3 Å². The molecular weight excluding hydrogens is 938 g/mol. The molecule has 7 aliphatic rings. The van der Waals surface area contributed by atoms with Gasteiger partial charge in [0.1, 0.15) is 0 Å². The maximum atomic E-state index is 3.00. The Morgan fingerprint density at radius 1 is 0.513 bits per heavy atom. The molecular formula is C71H72BN3S. The zero-order chi connectivity index (χ0) is 52.2. The van der Waals surface area contributed by atoms with Gasteiger partial charge in [0.2, 0.25) is 0 Å². The predicted octanol–water partition coefficient (Wildman–Crippen LogP) is 17.2. The lowest BCUT2D eigenvalue weighted by Crippen LogP contribution is -2.64. The Bertz CT molecular complexity index is 4110. The third-order valence-corrected chi connectivity index (χ3v) is 23.3. The van der Waals surface area contributed by atoms with Crippen molar-refractivity contribution in [2.75, 3.05) is 9.80 Å². The lowest BCUT2D eigenvalue weighted by molar-refractivity contribution is 0.194. The molecule has 0 N–H and O–H groups in total. The minimum Gasteiger partial charge on any atom is -0.335 e. The number of benzene rings is 7. The summed E-state index contributed by atoms with van der Waals surface area (Å²) in [6.45, 7) is 30.2. The molecule has 4 atom stereocenters. The van der Waals surface area contributed by atoms with Gasteiger partial charge in [-0.15, -0.1) is 11.3 Å². The molecule has 2 fully saturated rings. The van der Waals surface area contributed by atoms with Crippen LogP contribution in [0.2, 0.25) is 0 Å². The summed E-state index contributed by atoms with van der Waals surface area (Å²) in [4.78, 5) is 5.90. The van der Waals surface area contributed by atoms with Crippen LogP contribution in [0.3, 0.4) is 0 Å². The van der Waals surface area contributed by atoms with Crippen molar-refractivity contribution in [3.05, 3.63) is 155 Å². The van der Waals surface area contributed by atoms with Gasteiger partial charge in [-0.1, -0.05) is 180 Å². The van der Waals surface area contributed by atoms with Crippen molar-refractivity contribution in [1.82, 2.24) is 4.57 Å². The van der Waals surface area contributed by atoms with Crippen LogP contribution in [0.1, 0.15) is 168 Å². The van der Waals surface area contributed by atoms with Gasteiger partial charge in [0.15, 0.2) is 0 Å². The average molecular weight is 1010 g/mol. The number of hydrogen-bond acceptors (Lipinski definition) is 3. The molecule has 2 aromatic heterocycles. The Morgan fingerprint density at radius 3 is 1.93 bits per heavy atom. The van der Waals surface area contributed by atoms with Crippen molar-refractivity contribution < 1.29 is 0 Å². The second kappa shape index (κ2) is 14.4. The van der Waals surface area contributed by atoms with Gasteiger partial charge in [-0.2, -0.15) is 0 Å². The van der Waals surface area contributed by atoms with E-state index in [9.17, 15) is 0 Å². The zero-order valence-electron chi connectivity index (χ0n) is 47.0. The Morgan fingerprint density at radius 2 is 1.17 bits per heavy atom. The van der Waals surface area contributed by atoms with Crippen LogP contribution >= 0.6 is 11.3 Å². The summed E-state index contributed by atoms with van der Waals surface area (Å²) in [5.41, 5.74) is 26.9. The summed E-state index contributed by atoms with van der Waals surface area (Å²) in [6.07, 6.45) is 9.75. The Labute approximate surface area is 455 Å². The first-order valence-electron chi connectivity index (χ1n) is 29.1. The fourth-order valence-electron chi connectivity index (χ4n) is 17.7. The fourth-order valence-corrected chi connectivity index (χ4v) is 18.9. The second-order valence-corrected chi connectivity index (χ2v) is 29.3. The molecule has 5 heteroatoms. The van der Waals surface area contributed by atoms with Gasteiger partial charge in [0, 0.05) is 81.3 Å².